The molecule has 0 bridgehead atoms. The number of H-pyrrole nitrogens is 1. The van der Waals surface area contributed by atoms with Gasteiger partial charge in [-0.15, -0.1) is 5.10 Å². The highest BCUT2D eigenvalue weighted by molar-refractivity contribution is 7.71. The first-order chi connectivity index (χ1) is 9.34. The van der Waals surface area contributed by atoms with Crippen LogP contribution in [0.5, 0.6) is 0 Å². The summed E-state index contributed by atoms with van der Waals surface area (Å²) in [5.74, 6) is 0.669. The van der Waals surface area contributed by atoms with E-state index in [-0.39, 0.29) is 0 Å². The SMILES string of the molecule is S=c1[nH]nc(Nc2ccccc2)n1-c1ccccc1. The van der Waals surface area contributed by atoms with Crippen LogP contribution in [0.4, 0.5) is 11.6 Å². The van der Waals surface area contributed by atoms with Crippen LogP contribution in [0.2, 0.25) is 0 Å². The van der Waals surface area contributed by atoms with Gasteiger partial charge in [-0.3, -0.25) is 4.57 Å². The van der Waals surface area contributed by atoms with Gasteiger partial charge >= 0.3 is 0 Å². The van der Waals surface area contributed by atoms with Crippen molar-refractivity contribution >= 4 is 23.9 Å². The Bertz CT molecular complexity index is 716. The van der Waals surface area contributed by atoms with E-state index in [1.54, 1.807) is 0 Å². The van der Waals surface area contributed by atoms with E-state index in [0.717, 1.165) is 11.4 Å². The third-order valence-corrected chi connectivity index (χ3v) is 2.99. The topological polar surface area (TPSA) is 45.6 Å². The minimum atomic E-state index is 0.560. The van der Waals surface area contributed by atoms with Crippen LogP contribution in [0.1, 0.15) is 0 Å². The number of hydrogen-bond acceptors (Lipinski definition) is 3. The normalized spacial score (nSPS) is 10.3. The van der Waals surface area contributed by atoms with E-state index in [0.29, 0.717) is 10.7 Å². The van der Waals surface area contributed by atoms with Gasteiger partial charge in [-0.25, -0.2) is 5.10 Å². The molecule has 0 saturated heterocycles. The largest absolute Gasteiger partial charge is 0.324 e. The molecule has 3 rings (SSSR count). The lowest BCUT2D eigenvalue weighted by Gasteiger charge is -2.08. The molecule has 1 heterocycles. The Kier molecular flexibility index (Phi) is 3.12. The summed E-state index contributed by atoms with van der Waals surface area (Å²) in [4.78, 5) is 0. The van der Waals surface area contributed by atoms with Crippen LogP contribution in [-0.4, -0.2) is 14.8 Å². The first kappa shape index (κ1) is 11.7. The van der Waals surface area contributed by atoms with Gasteiger partial charge in [-0.2, -0.15) is 0 Å². The van der Waals surface area contributed by atoms with Crippen molar-refractivity contribution in [3.8, 4) is 5.69 Å². The van der Waals surface area contributed by atoms with Gasteiger partial charge in [0.1, 0.15) is 0 Å². The van der Waals surface area contributed by atoms with E-state index in [9.17, 15) is 0 Å². The summed E-state index contributed by atoms with van der Waals surface area (Å²) in [6.07, 6.45) is 0. The molecule has 94 valence electrons. The fraction of sp³-hybridized carbons (Fsp3) is 0. The second-order valence-electron chi connectivity index (χ2n) is 4.01. The van der Waals surface area contributed by atoms with Crippen molar-refractivity contribution in [2.75, 3.05) is 5.32 Å². The molecule has 0 spiro atoms. The molecule has 2 N–H and O–H groups in total. The van der Waals surface area contributed by atoms with E-state index in [1.807, 2.05) is 65.2 Å². The van der Waals surface area contributed by atoms with E-state index in [4.69, 9.17) is 12.2 Å². The predicted octanol–water partition coefficient (Wildman–Crippen LogP) is 3.67. The first-order valence-corrected chi connectivity index (χ1v) is 6.30. The Morgan fingerprint density at radius 3 is 2.26 bits per heavy atom. The lowest BCUT2D eigenvalue weighted by molar-refractivity contribution is 1.03. The van der Waals surface area contributed by atoms with Crippen LogP contribution in [0.3, 0.4) is 0 Å². The minimum Gasteiger partial charge on any atom is -0.324 e. The van der Waals surface area contributed by atoms with Gasteiger partial charge in [0.2, 0.25) is 10.7 Å². The molecule has 0 amide bonds. The number of anilines is 2. The highest BCUT2D eigenvalue weighted by Crippen LogP contribution is 2.18. The highest BCUT2D eigenvalue weighted by atomic mass is 32.1. The maximum Gasteiger partial charge on any atom is 0.232 e. The van der Waals surface area contributed by atoms with Crippen molar-refractivity contribution in [3.63, 3.8) is 0 Å². The first-order valence-electron chi connectivity index (χ1n) is 5.89. The van der Waals surface area contributed by atoms with E-state index in [2.05, 4.69) is 15.5 Å². The molecule has 0 aliphatic carbocycles. The molecule has 5 heteroatoms. The zero-order valence-corrected chi connectivity index (χ0v) is 10.9. The van der Waals surface area contributed by atoms with E-state index in [1.165, 1.54) is 0 Å². The molecule has 0 unspecified atom stereocenters. The van der Waals surface area contributed by atoms with Gasteiger partial charge in [0.05, 0.1) is 5.69 Å². The lowest BCUT2D eigenvalue weighted by Crippen LogP contribution is -2.01. The van der Waals surface area contributed by atoms with Crippen molar-refractivity contribution in [2.45, 2.75) is 0 Å². The number of hydrogen-bond donors (Lipinski definition) is 2. The quantitative estimate of drug-likeness (QED) is 0.712. The number of rotatable bonds is 3. The molecule has 0 radical (unpaired) electrons. The number of aromatic amines is 1. The fourth-order valence-corrected chi connectivity index (χ4v) is 2.09. The molecular formula is C14H12N4S. The molecule has 0 atom stereocenters. The summed E-state index contributed by atoms with van der Waals surface area (Å²) in [7, 11) is 0. The van der Waals surface area contributed by atoms with E-state index < -0.39 is 0 Å². The number of para-hydroxylation sites is 2. The van der Waals surface area contributed by atoms with Gasteiger partial charge in [-0.05, 0) is 36.5 Å². The van der Waals surface area contributed by atoms with Gasteiger partial charge in [0.25, 0.3) is 0 Å². The van der Waals surface area contributed by atoms with Crippen molar-refractivity contribution in [2.24, 2.45) is 0 Å². The summed E-state index contributed by atoms with van der Waals surface area (Å²) < 4.78 is 2.42. The van der Waals surface area contributed by atoms with Crippen LogP contribution in [0.15, 0.2) is 60.7 Å². The smallest absolute Gasteiger partial charge is 0.232 e. The summed E-state index contributed by atoms with van der Waals surface area (Å²) in [6, 6.07) is 19.7. The number of nitrogens with one attached hydrogen (secondary N) is 2. The second kappa shape index (κ2) is 5.07. The highest BCUT2D eigenvalue weighted by Gasteiger charge is 2.07. The van der Waals surface area contributed by atoms with Crippen molar-refractivity contribution in [1.82, 2.24) is 14.8 Å². The second-order valence-corrected chi connectivity index (χ2v) is 4.40. The summed E-state index contributed by atoms with van der Waals surface area (Å²) in [5.41, 5.74) is 1.94. The summed E-state index contributed by atoms with van der Waals surface area (Å²) in [5, 5.41) is 10.3. The maximum absolute atomic E-state index is 5.28. The molecule has 3 aromatic rings. The molecular weight excluding hydrogens is 256 g/mol. The Balaban J connectivity index is 2.03. The molecule has 0 fully saturated rings. The summed E-state index contributed by atoms with van der Waals surface area (Å²) in [6.45, 7) is 0. The monoisotopic (exact) mass is 268 g/mol. The molecule has 1 aromatic heterocycles. The van der Waals surface area contributed by atoms with Crippen molar-refractivity contribution < 1.29 is 0 Å². The Morgan fingerprint density at radius 1 is 0.947 bits per heavy atom. The van der Waals surface area contributed by atoms with Crippen LogP contribution >= 0.6 is 12.2 Å². The van der Waals surface area contributed by atoms with E-state index >= 15 is 0 Å². The van der Waals surface area contributed by atoms with Crippen molar-refractivity contribution in [1.29, 1.82) is 0 Å². The average Bonchev–Trinajstić information content (AvgIpc) is 2.82. The van der Waals surface area contributed by atoms with Gasteiger partial charge in [0, 0.05) is 5.69 Å². The van der Waals surface area contributed by atoms with Gasteiger partial charge in [-0.1, -0.05) is 36.4 Å². The third-order valence-electron chi connectivity index (χ3n) is 2.72. The molecule has 4 nitrogen and oxygen atoms in total. The predicted molar refractivity (Wildman–Crippen MR) is 78.5 cm³/mol. The fourth-order valence-electron chi connectivity index (χ4n) is 1.85. The molecule has 0 aliphatic rings. The zero-order valence-electron chi connectivity index (χ0n) is 10.1. The molecule has 2 aromatic carbocycles. The summed E-state index contributed by atoms with van der Waals surface area (Å²) >= 11 is 5.28. The lowest BCUT2D eigenvalue weighted by atomic mass is 10.3. The molecule has 0 aliphatic heterocycles. The number of aromatic nitrogens is 3. The van der Waals surface area contributed by atoms with Crippen LogP contribution in [0.25, 0.3) is 5.69 Å². The van der Waals surface area contributed by atoms with Crippen LogP contribution < -0.4 is 5.32 Å². The Hall–Kier alpha value is -2.40. The molecule has 19 heavy (non-hydrogen) atoms. The molecule has 0 saturated carbocycles. The van der Waals surface area contributed by atoms with Gasteiger partial charge in [0.15, 0.2) is 0 Å². The van der Waals surface area contributed by atoms with Gasteiger partial charge < -0.3 is 5.32 Å². The van der Waals surface area contributed by atoms with Crippen molar-refractivity contribution in [3.05, 3.63) is 65.4 Å². The zero-order chi connectivity index (χ0) is 13.1. The Morgan fingerprint density at radius 2 is 1.58 bits per heavy atom. The minimum absolute atomic E-state index is 0.560. The third kappa shape index (κ3) is 2.41. The van der Waals surface area contributed by atoms with Crippen LogP contribution in [0, 0.1) is 4.77 Å². The average molecular weight is 268 g/mol. The number of nitrogens with zero attached hydrogens (tertiary/aromatic N) is 2. The number of benzene rings is 2. The standard InChI is InChI=1S/C14H12N4S/c19-14-17-16-13(15-11-7-3-1-4-8-11)18(14)12-9-5-2-6-10-12/h1-10H,(H,15,16)(H,17,19). The Labute approximate surface area is 115 Å². The van der Waals surface area contributed by atoms with Crippen LogP contribution in [-0.2, 0) is 0 Å². The maximum atomic E-state index is 5.28.